The summed E-state index contributed by atoms with van der Waals surface area (Å²) >= 11 is 0. The van der Waals surface area contributed by atoms with Crippen LogP contribution >= 0.6 is 0 Å². The van der Waals surface area contributed by atoms with Gasteiger partial charge in [0.2, 0.25) is 0 Å². The van der Waals surface area contributed by atoms with E-state index in [9.17, 15) is 8.78 Å². The van der Waals surface area contributed by atoms with Gasteiger partial charge in [-0.2, -0.15) is 0 Å². The highest BCUT2D eigenvalue weighted by atomic mass is 19.1. The summed E-state index contributed by atoms with van der Waals surface area (Å²) in [5.41, 5.74) is 6.47. The largest absolute Gasteiger partial charge is 0.298 e. The highest BCUT2D eigenvalue weighted by Crippen LogP contribution is 2.44. The minimum Gasteiger partial charge on any atom is -0.298 e. The monoisotopic (exact) mass is 326 g/mol. The lowest BCUT2D eigenvalue weighted by molar-refractivity contribution is 0.278. The van der Waals surface area contributed by atoms with Crippen LogP contribution < -0.4 is 10.4 Å². The minimum absolute atomic E-state index is 0.209. The maximum atomic E-state index is 14.8. The fraction of sp³-hybridized carbons (Fsp3) is 0.300. The third kappa shape index (κ3) is 2.25. The number of hydrogen-bond donors (Lipinski definition) is 1. The molecular weight excluding hydrogens is 306 g/mol. The molecule has 1 aliphatic heterocycles. The molecule has 1 N–H and O–H groups in total. The molecule has 1 saturated heterocycles. The molecule has 2 nitrogen and oxygen atoms in total. The van der Waals surface area contributed by atoms with Crippen LogP contribution in [0.2, 0.25) is 0 Å². The summed E-state index contributed by atoms with van der Waals surface area (Å²) in [6.07, 6.45) is 13.1. The van der Waals surface area contributed by atoms with Gasteiger partial charge in [-0.05, 0) is 37.8 Å². The van der Waals surface area contributed by atoms with E-state index in [-0.39, 0.29) is 5.54 Å². The van der Waals surface area contributed by atoms with E-state index in [4.69, 9.17) is 0 Å². The first-order valence-electron chi connectivity index (χ1n) is 8.27. The van der Waals surface area contributed by atoms with Crippen molar-refractivity contribution in [3.8, 4) is 0 Å². The van der Waals surface area contributed by atoms with Crippen molar-refractivity contribution in [2.24, 2.45) is 0 Å². The highest BCUT2D eigenvalue weighted by Gasteiger charge is 2.40. The van der Waals surface area contributed by atoms with Crippen LogP contribution in [0.1, 0.15) is 37.8 Å². The Morgan fingerprint density at radius 3 is 2.04 bits per heavy atom. The second-order valence-electron chi connectivity index (χ2n) is 7.07. The third-order valence-electron chi connectivity index (χ3n) is 4.89. The number of halogens is 2. The number of nitrogens with zero attached hydrogens (tertiary/aromatic N) is 1. The first-order chi connectivity index (χ1) is 11.5. The molecule has 124 valence electrons. The van der Waals surface area contributed by atoms with E-state index in [1.807, 2.05) is 55.3 Å². The van der Waals surface area contributed by atoms with Gasteiger partial charge in [-0.25, -0.2) is 14.2 Å². The molecule has 4 rings (SSSR count). The number of nitrogens with one attached hydrogen (secondary N) is 1. The van der Waals surface area contributed by atoms with Gasteiger partial charge in [0, 0.05) is 23.7 Å². The van der Waals surface area contributed by atoms with E-state index in [2.05, 4.69) is 5.43 Å². The van der Waals surface area contributed by atoms with Gasteiger partial charge < -0.3 is 0 Å². The summed E-state index contributed by atoms with van der Waals surface area (Å²) in [5, 5.41) is 1.84. The third-order valence-corrected chi connectivity index (χ3v) is 4.89. The van der Waals surface area contributed by atoms with E-state index < -0.39 is 11.6 Å². The molecule has 0 saturated carbocycles. The van der Waals surface area contributed by atoms with Crippen molar-refractivity contribution in [3.63, 3.8) is 0 Å². The van der Waals surface area contributed by atoms with Crippen molar-refractivity contribution in [3.05, 3.63) is 65.3 Å². The summed E-state index contributed by atoms with van der Waals surface area (Å²) in [4.78, 5) is 0. The van der Waals surface area contributed by atoms with Gasteiger partial charge in [0.1, 0.15) is 5.82 Å². The Morgan fingerprint density at radius 1 is 0.958 bits per heavy atom. The molecule has 1 aromatic carbocycles. The van der Waals surface area contributed by atoms with Gasteiger partial charge >= 0.3 is 0 Å². The predicted molar refractivity (Wildman–Crippen MR) is 94.4 cm³/mol. The van der Waals surface area contributed by atoms with E-state index in [1.54, 1.807) is 0 Å². The number of rotatable bonds is 3. The molecule has 2 aliphatic carbocycles. The molecule has 0 aromatic heterocycles. The molecule has 1 heterocycles. The first kappa shape index (κ1) is 15.3. The van der Waals surface area contributed by atoms with Crippen LogP contribution in [0, 0.1) is 11.6 Å². The summed E-state index contributed by atoms with van der Waals surface area (Å²) < 4.78 is 29.6. The quantitative estimate of drug-likeness (QED) is 0.862. The zero-order valence-electron chi connectivity index (χ0n) is 13.9. The molecule has 1 aromatic rings. The molecule has 4 heteroatoms. The van der Waals surface area contributed by atoms with Crippen molar-refractivity contribution in [1.29, 1.82) is 0 Å². The number of allylic oxidation sites excluding steroid dienone is 8. The summed E-state index contributed by atoms with van der Waals surface area (Å²) in [6.45, 7) is 4.86. The topological polar surface area (TPSA) is 15.3 Å². The Hall–Kier alpha value is -2.20. The normalized spacial score (nSPS) is 21.1. The van der Waals surface area contributed by atoms with Crippen LogP contribution in [0.4, 0.5) is 14.5 Å². The van der Waals surface area contributed by atoms with E-state index >= 15 is 0 Å². The molecule has 0 amide bonds. The zero-order chi connectivity index (χ0) is 16.9. The highest BCUT2D eigenvalue weighted by molar-refractivity contribution is 5.90. The standard InChI is InChI=1S/C20H20F2N2/c1-20(2)12-23-24(20)19-16(22)11-15(21)17(13-7-3-4-8-13)18(19)14-9-5-6-10-14/h3-7,9,11,23H,8,10,12H2,1-2H3. The van der Waals surface area contributed by atoms with E-state index in [1.165, 1.54) is 0 Å². The molecule has 0 unspecified atom stereocenters. The number of hydrogen-bond acceptors (Lipinski definition) is 2. The molecule has 0 spiro atoms. The fourth-order valence-corrected chi connectivity index (χ4v) is 3.58. The minimum atomic E-state index is -0.522. The van der Waals surface area contributed by atoms with Crippen LogP contribution in [0.25, 0.3) is 11.1 Å². The maximum absolute atomic E-state index is 14.8. The van der Waals surface area contributed by atoms with Crippen molar-refractivity contribution >= 4 is 16.8 Å². The summed E-state index contributed by atoms with van der Waals surface area (Å²) in [5.74, 6) is -1.02. The van der Waals surface area contributed by atoms with Crippen LogP contribution in [0.15, 0.2) is 42.5 Å². The predicted octanol–water partition coefficient (Wildman–Crippen LogP) is 4.75. The average Bonchev–Trinajstić information content (AvgIpc) is 3.21. The SMILES string of the molecule is CC1(C)CNN1c1c(F)cc(F)c(C2=CC=CC2)c1C1=CC=CC1. The van der Waals surface area contributed by atoms with Crippen LogP contribution in [0.3, 0.4) is 0 Å². The Kier molecular flexibility index (Phi) is 3.46. The van der Waals surface area contributed by atoms with E-state index in [0.29, 0.717) is 29.7 Å². The number of anilines is 1. The van der Waals surface area contributed by atoms with Crippen molar-refractivity contribution in [2.45, 2.75) is 32.2 Å². The molecule has 3 aliphatic rings. The second kappa shape index (κ2) is 5.42. The van der Waals surface area contributed by atoms with Gasteiger partial charge in [-0.15, -0.1) is 0 Å². The smallest absolute Gasteiger partial charge is 0.151 e. The Labute approximate surface area is 140 Å². The Balaban J connectivity index is 1.97. The lowest BCUT2D eigenvalue weighted by atomic mass is 9.88. The fourth-order valence-electron chi connectivity index (χ4n) is 3.58. The molecular formula is C20H20F2N2. The molecule has 0 bridgehead atoms. The Morgan fingerprint density at radius 2 is 1.58 bits per heavy atom. The van der Waals surface area contributed by atoms with Gasteiger partial charge in [-0.3, -0.25) is 5.01 Å². The van der Waals surface area contributed by atoms with E-state index in [0.717, 1.165) is 23.8 Å². The first-order valence-corrected chi connectivity index (χ1v) is 8.27. The maximum Gasteiger partial charge on any atom is 0.151 e. The van der Waals surface area contributed by atoms with Crippen LogP contribution in [0.5, 0.6) is 0 Å². The second-order valence-corrected chi connectivity index (χ2v) is 7.07. The molecule has 24 heavy (non-hydrogen) atoms. The van der Waals surface area contributed by atoms with Gasteiger partial charge in [0.25, 0.3) is 0 Å². The Bertz CT molecular complexity index is 829. The average molecular weight is 326 g/mol. The van der Waals surface area contributed by atoms with Crippen LogP contribution in [-0.4, -0.2) is 12.1 Å². The molecule has 0 atom stereocenters. The van der Waals surface area contributed by atoms with Crippen molar-refractivity contribution in [2.75, 3.05) is 11.6 Å². The van der Waals surface area contributed by atoms with Gasteiger partial charge in [0.05, 0.1) is 11.2 Å². The van der Waals surface area contributed by atoms with Crippen molar-refractivity contribution in [1.82, 2.24) is 5.43 Å². The number of hydrazine groups is 1. The number of benzene rings is 1. The van der Waals surface area contributed by atoms with Gasteiger partial charge in [-0.1, -0.05) is 36.5 Å². The van der Waals surface area contributed by atoms with Crippen molar-refractivity contribution < 1.29 is 8.78 Å². The summed E-state index contributed by atoms with van der Waals surface area (Å²) in [7, 11) is 0. The zero-order valence-corrected chi connectivity index (χ0v) is 13.9. The molecule has 0 radical (unpaired) electrons. The lowest BCUT2D eigenvalue weighted by Crippen LogP contribution is -2.69. The molecule has 1 fully saturated rings. The summed E-state index contributed by atoms with van der Waals surface area (Å²) in [6, 6.07) is 1.02. The van der Waals surface area contributed by atoms with Crippen LogP contribution in [-0.2, 0) is 0 Å². The lowest BCUT2D eigenvalue weighted by Gasteiger charge is -2.51. The van der Waals surface area contributed by atoms with Gasteiger partial charge in [0.15, 0.2) is 5.82 Å².